The normalized spacial score (nSPS) is 10.6. The molecule has 0 saturated heterocycles. The number of methoxy groups -OCH3 is 1. The number of furan rings is 1. The molecule has 0 radical (unpaired) electrons. The Morgan fingerprint density at radius 1 is 1.15 bits per heavy atom. The molecule has 0 atom stereocenters. The van der Waals surface area contributed by atoms with Crippen LogP contribution in [-0.4, -0.2) is 30.7 Å². The van der Waals surface area contributed by atoms with Crippen LogP contribution >= 0.6 is 0 Å². The molecule has 0 spiro atoms. The van der Waals surface area contributed by atoms with Crippen molar-refractivity contribution in [3.8, 4) is 11.5 Å². The number of hydrogen-bond acceptors (Lipinski definition) is 4. The van der Waals surface area contributed by atoms with Crippen LogP contribution in [0.15, 0.2) is 53.1 Å². The third-order valence-corrected chi connectivity index (χ3v) is 4.43. The van der Waals surface area contributed by atoms with E-state index in [0.29, 0.717) is 36.8 Å². The summed E-state index contributed by atoms with van der Waals surface area (Å²) in [6.07, 6.45) is 1.65. The zero-order valence-corrected chi connectivity index (χ0v) is 15.8. The highest BCUT2D eigenvalue weighted by atomic mass is 16.5. The molecule has 2 aromatic heterocycles. The summed E-state index contributed by atoms with van der Waals surface area (Å²) in [7, 11) is 1.60. The van der Waals surface area contributed by atoms with E-state index in [1.165, 1.54) is 0 Å². The minimum Gasteiger partial charge on any atom is -0.493 e. The van der Waals surface area contributed by atoms with Crippen molar-refractivity contribution >= 4 is 5.91 Å². The van der Waals surface area contributed by atoms with Crippen molar-refractivity contribution in [3.05, 3.63) is 71.4 Å². The van der Waals surface area contributed by atoms with Gasteiger partial charge in [0.15, 0.2) is 11.5 Å². The summed E-state index contributed by atoms with van der Waals surface area (Å²) in [6, 6.07) is 13.1. The van der Waals surface area contributed by atoms with Crippen LogP contribution in [0, 0.1) is 13.8 Å². The molecule has 6 heteroatoms. The molecule has 6 nitrogen and oxygen atoms in total. The molecule has 0 bridgehead atoms. The summed E-state index contributed by atoms with van der Waals surface area (Å²) < 4.78 is 18.4. The van der Waals surface area contributed by atoms with E-state index >= 15 is 0 Å². The Morgan fingerprint density at radius 3 is 2.63 bits per heavy atom. The predicted octanol–water partition coefficient (Wildman–Crippen LogP) is 3.56. The summed E-state index contributed by atoms with van der Waals surface area (Å²) >= 11 is 0. The van der Waals surface area contributed by atoms with Gasteiger partial charge in [-0.15, -0.1) is 0 Å². The summed E-state index contributed by atoms with van der Waals surface area (Å²) in [5.74, 6) is 2.07. The van der Waals surface area contributed by atoms with Crippen LogP contribution < -0.4 is 14.8 Å². The number of carbonyl (C=O) groups excluding carboxylic acids is 1. The number of benzene rings is 1. The van der Waals surface area contributed by atoms with Gasteiger partial charge < -0.3 is 23.8 Å². The lowest BCUT2D eigenvalue weighted by atomic mass is 10.2. The molecule has 3 rings (SSSR count). The van der Waals surface area contributed by atoms with E-state index in [1.807, 2.05) is 56.3 Å². The average Bonchev–Trinajstić information content (AvgIpc) is 3.29. The lowest BCUT2D eigenvalue weighted by Crippen LogP contribution is -2.28. The largest absolute Gasteiger partial charge is 0.493 e. The van der Waals surface area contributed by atoms with Crippen molar-refractivity contribution in [3.63, 3.8) is 0 Å². The Morgan fingerprint density at radius 2 is 1.93 bits per heavy atom. The molecule has 27 heavy (non-hydrogen) atoms. The molecule has 1 aromatic carbocycles. The Balaban J connectivity index is 1.57. The van der Waals surface area contributed by atoms with Gasteiger partial charge in [0.05, 0.1) is 32.0 Å². The number of rotatable bonds is 8. The van der Waals surface area contributed by atoms with Crippen molar-refractivity contribution < 1.29 is 18.7 Å². The van der Waals surface area contributed by atoms with Gasteiger partial charge in [-0.25, -0.2) is 0 Å². The molecule has 0 fully saturated rings. The Labute approximate surface area is 158 Å². The van der Waals surface area contributed by atoms with Crippen molar-refractivity contribution in [2.75, 3.05) is 20.3 Å². The highest BCUT2D eigenvalue weighted by Gasteiger charge is 2.16. The van der Waals surface area contributed by atoms with E-state index in [0.717, 1.165) is 17.1 Å². The molecule has 142 valence electrons. The second-order valence-electron chi connectivity index (χ2n) is 6.21. The summed E-state index contributed by atoms with van der Waals surface area (Å²) in [5, 5.41) is 2.91. The van der Waals surface area contributed by atoms with Crippen LogP contribution in [0.2, 0.25) is 0 Å². The summed E-state index contributed by atoms with van der Waals surface area (Å²) in [5.41, 5.74) is 2.59. The molecule has 0 saturated carbocycles. The van der Waals surface area contributed by atoms with Gasteiger partial charge in [0, 0.05) is 11.4 Å². The van der Waals surface area contributed by atoms with Gasteiger partial charge in [-0.2, -0.15) is 0 Å². The standard InChI is InChI=1S/C21H24N2O4/c1-15-13-18(16(2)23(15)14-17-7-6-11-26-17)21(24)22-10-12-27-20-9-5-4-8-19(20)25-3/h4-9,11,13H,10,12,14H2,1-3H3,(H,22,24). The Kier molecular flexibility index (Phi) is 5.86. The van der Waals surface area contributed by atoms with E-state index in [1.54, 1.807) is 13.4 Å². The van der Waals surface area contributed by atoms with Crippen LogP contribution in [0.3, 0.4) is 0 Å². The lowest BCUT2D eigenvalue weighted by Gasteiger charge is -2.11. The maximum Gasteiger partial charge on any atom is 0.253 e. The zero-order chi connectivity index (χ0) is 19.2. The fourth-order valence-electron chi connectivity index (χ4n) is 2.99. The first-order valence-corrected chi connectivity index (χ1v) is 8.83. The topological polar surface area (TPSA) is 65.6 Å². The van der Waals surface area contributed by atoms with E-state index in [2.05, 4.69) is 9.88 Å². The van der Waals surface area contributed by atoms with Gasteiger partial charge in [-0.05, 0) is 44.2 Å². The third kappa shape index (κ3) is 4.34. The minimum atomic E-state index is -0.113. The zero-order valence-electron chi connectivity index (χ0n) is 15.8. The number of amides is 1. The van der Waals surface area contributed by atoms with Gasteiger partial charge in [0.2, 0.25) is 0 Å². The average molecular weight is 368 g/mol. The van der Waals surface area contributed by atoms with E-state index in [9.17, 15) is 4.79 Å². The maximum absolute atomic E-state index is 12.5. The second-order valence-corrected chi connectivity index (χ2v) is 6.21. The molecular formula is C21H24N2O4. The maximum atomic E-state index is 12.5. The lowest BCUT2D eigenvalue weighted by molar-refractivity contribution is 0.0946. The summed E-state index contributed by atoms with van der Waals surface area (Å²) in [4.78, 5) is 12.5. The van der Waals surface area contributed by atoms with Crippen molar-refractivity contribution in [1.82, 2.24) is 9.88 Å². The molecule has 0 unspecified atom stereocenters. The van der Waals surface area contributed by atoms with Crippen LogP contribution in [-0.2, 0) is 6.54 Å². The van der Waals surface area contributed by atoms with Crippen molar-refractivity contribution in [2.45, 2.75) is 20.4 Å². The highest BCUT2D eigenvalue weighted by Crippen LogP contribution is 2.25. The van der Waals surface area contributed by atoms with E-state index in [-0.39, 0.29) is 5.91 Å². The van der Waals surface area contributed by atoms with Crippen molar-refractivity contribution in [2.24, 2.45) is 0 Å². The fraction of sp³-hybridized carbons (Fsp3) is 0.286. The van der Waals surface area contributed by atoms with Gasteiger partial charge >= 0.3 is 0 Å². The first-order valence-electron chi connectivity index (χ1n) is 8.83. The number of nitrogens with zero attached hydrogens (tertiary/aromatic N) is 1. The molecule has 3 aromatic rings. The molecule has 0 aliphatic carbocycles. The molecule has 1 amide bonds. The van der Waals surface area contributed by atoms with Gasteiger partial charge in [0.25, 0.3) is 5.91 Å². The quantitative estimate of drug-likeness (QED) is 0.618. The predicted molar refractivity (Wildman–Crippen MR) is 103 cm³/mol. The smallest absolute Gasteiger partial charge is 0.253 e. The number of aromatic nitrogens is 1. The third-order valence-electron chi connectivity index (χ3n) is 4.43. The second kappa shape index (κ2) is 8.49. The van der Waals surface area contributed by atoms with Crippen LogP contribution in [0.4, 0.5) is 0 Å². The molecule has 0 aliphatic heterocycles. The highest BCUT2D eigenvalue weighted by molar-refractivity contribution is 5.95. The number of nitrogens with one attached hydrogen (secondary N) is 1. The molecule has 0 aliphatic rings. The van der Waals surface area contributed by atoms with Gasteiger partial charge in [-0.1, -0.05) is 12.1 Å². The number of para-hydroxylation sites is 2. The monoisotopic (exact) mass is 368 g/mol. The number of aryl methyl sites for hydroxylation is 1. The number of hydrogen-bond donors (Lipinski definition) is 1. The molecule has 1 N–H and O–H groups in total. The van der Waals surface area contributed by atoms with Crippen LogP contribution in [0.5, 0.6) is 11.5 Å². The molecule has 2 heterocycles. The SMILES string of the molecule is COc1ccccc1OCCNC(=O)c1cc(C)n(Cc2ccco2)c1C. The fourth-order valence-corrected chi connectivity index (χ4v) is 2.99. The first kappa shape index (κ1) is 18.6. The minimum absolute atomic E-state index is 0.113. The van der Waals surface area contributed by atoms with E-state index in [4.69, 9.17) is 13.9 Å². The van der Waals surface area contributed by atoms with Crippen molar-refractivity contribution in [1.29, 1.82) is 0 Å². The van der Waals surface area contributed by atoms with Crippen LogP contribution in [0.25, 0.3) is 0 Å². The Bertz CT molecular complexity index is 897. The summed E-state index contributed by atoms with van der Waals surface area (Å²) in [6.45, 7) is 5.29. The van der Waals surface area contributed by atoms with E-state index < -0.39 is 0 Å². The first-order chi connectivity index (χ1) is 13.1. The molecular weight excluding hydrogens is 344 g/mol. The number of ether oxygens (including phenoxy) is 2. The van der Waals surface area contributed by atoms with Gasteiger partial charge in [0.1, 0.15) is 12.4 Å². The van der Waals surface area contributed by atoms with Crippen LogP contribution in [0.1, 0.15) is 27.5 Å². The Hall–Kier alpha value is -3.15. The number of carbonyl (C=O) groups is 1. The van der Waals surface area contributed by atoms with Gasteiger partial charge in [-0.3, -0.25) is 4.79 Å².